The maximum Gasteiger partial charge on any atom is 0.221 e. The van der Waals surface area contributed by atoms with Gasteiger partial charge in [-0.15, -0.1) is 0 Å². The Morgan fingerprint density at radius 3 is 2.47 bits per heavy atom. The maximum atomic E-state index is 11.5. The van der Waals surface area contributed by atoms with Crippen LogP contribution in [0.1, 0.15) is 32.1 Å². The van der Waals surface area contributed by atoms with Crippen molar-refractivity contribution in [3.63, 3.8) is 0 Å². The molecule has 1 saturated carbocycles. The van der Waals surface area contributed by atoms with E-state index in [1.807, 2.05) is 0 Å². The van der Waals surface area contributed by atoms with Gasteiger partial charge in [-0.3, -0.25) is 4.79 Å². The van der Waals surface area contributed by atoms with Gasteiger partial charge in [-0.25, -0.2) is 13.1 Å². The molecule has 100 valence electrons. The van der Waals surface area contributed by atoms with Crippen molar-refractivity contribution in [2.45, 2.75) is 37.6 Å². The molecule has 0 aromatic carbocycles. The van der Waals surface area contributed by atoms with Crippen LogP contribution in [-0.2, 0) is 14.8 Å². The van der Waals surface area contributed by atoms with E-state index >= 15 is 0 Å². The lowest BCUT2D eigenvalue weighted by atomic mass is 9.75. The Morgan fingerprint density at radius 2 is 2.00 bits per heavy atom. The molecule has 0 aromatic heterocycles. The molecule has 6 nitrogen and oxygen atoms in total. The Labute approximate surface area is 102 Å². The van der Waals surface area contributed by atoms with Crippen molar-refractivity contribution < 1.29 is 13.2 Å². The van der Waals surface area contributed by atoms with Crippen LogP contribution in [0.5, 0.6) is 0 Å². The van der Waals surface area contributed by atoms with E-state index in [2.05, 4.69) is 10.0 Å². The first-order valence-corrected chi connectivity index (χ1v) is 7.70. The van der Waals surface area contributed by atoms with Gasteiger partial charge in [0.15, 0.2) is 0 Å². The third-order valence-electron chi connectivity index (χ3n) is 2.90. The summed E-state index contributed by atoms with van der Waals surface area (Å²) in [5.74, 6) is -0.0495. The van der Waals surface area contributed by atoms with Gasteiger partial charge < -0.3 is 11.1 Å². The van der Waals surface area contributed by atoms with Crippen LogP contribution in [0.3, 0.4) is 0 Å². The van der Waals surface area contributed by atoms with Crippen molar-refractivity contribution in [2.75, 3.05) is 19.3 Å². The Bertz CT molecular complexity index is 363. The predicted octanol–water partition coefficient (Wildman–Crippen LogP) is -0.687. The lowest BCUT2D eigenvalue weighted by Crippen LogP contribution is -2.50. The second-order valence-electron chi connectivity index (χ2n) is 4.76. The third kappa shape index (κ3) is 5.99. The largest absolute Gasteiger partial charge is 0.356 e. The molecule has 7 heteroatoms. The highest BCUT2D eigenvalue weighted by molar-refractivity contribution is 7.88. The predicted molar refractivity (Wildman–Crippen MR) is 65.9 cm³/mol. The first-order valence-electron chi connectivity index (χ1n) is 5.81. The van der Waals surface area contributed by atoms with Crippen LogP contribution in [0.15, 0.2) is 0 Å². The van der Waals surface area contributed by atoms with Gasteiger partial charge in [-0.2, -0.15) is 0 Å². The van der Waals surface area contributed by atoms with Crippen LogP contribution in [0.2, 0.25) is 0 Å². The van der Waals surface area contributed by atoms with E-state index in [4.69, 9.17) is 5.73 Å². The molecule has 0 aliphatic heterocycles. The van der Waals surface area contributed by atoms with E-state index in [-0.39, 0.29) is 11.4 Å². The van der Waals surface area contributed by atoms with Gasteiger partial charge in [0.25, 0.3) is 0 Å². The van der Waals surface area contributed by atoms with E-state index < -0.39 is 10.0 Å². The summed E-state index contributed by atoms with van der Waals surface area (Å²) in [5.41, 5.74) is 5.64. The van der Waals surface area contributed by atoms with Crippen LogP contribution in [0.4, 0.5) is 0 Å². The molecule has 0 saturated heterocycles. The highest BCUT2D eigenvalue weighted by Gasteiger charge is 2.34. The van der Waals surface area contributed by atoms with Crippen LogP contribution < -0.4 is 15.8 Å². The van der Waals surface area contributed by atoms with Crippen LogP contribution in [-0.4, -0.2) is 39.2 Å². The van der Waals surface area contributed by atoms with Crippen molar-refractivity contribution in [1.29, 1.82) is 0 Å². The Hall–Kier alpha value is -0.660. The molecule has 1 rings (SSSR count). The zero-order valence-electron chi connectivity index (χ0n) is 10.2. The summed E-state index contributed by atoms with van der Waals surface area (Å²) in [7, 11) is -3.13. The lowest BCUT2D eigenvalue weighted by molar-refractivity contribution is -0.122. The molecule has 1 amide bonds. The van der Waals surface area contributed by atoms with Crippen molar-refractivity contribution in [2.24, 2.45) is 5.73 Å². The second-order valence-corrected chi connectivity index (χ2v) is 6.60. The molecular formula is C10H21N3O3S. The molecule has 0 bridgehead atoms. The van der Waals surface area contributed by atoms with Crippen LogP contribution in [0, 0.1) is 0 Å². The van der Waals surface area contributed by atoms with E-state index in [0.29, 0.717) is 25.9 Å². The smallest absolute Gasteiger partial charge is 0.221 e. The summed E-state index contributed by atoms with van der Waals surface area (Å²) in [6, 6.07) is 0. The zero-order chi connectivity index (χ0) is 12.9. The fourth-order valence-electron chi connectivity index (χ4n) is 1.76. The van der Waals surface area contributed by atoms with Crippen LogP contribution >= 0.6 is 0 Å². The third-order valence-corrected chi connectivity index (χ3v) is 3.63. The number of nitrogens with one attached hydrogen (secondary N) is 2. The molecule has 0 heterocycles. The molecule has 17 heavy (non-hydrogen) atoms. The number of sulfonamides is 1. The maximum absolute atomic E-state index is 11.5. The van der Waals surface area contributed by atoms with E-state index in [1.54, 1.807) is 0 Å². The van der Waals surface area contributed by atoms with Crippen molar-refractivity contribution in [3.05, 3.63) is 0 Å². The minimum Gasteiger partial charge on any atom is -0.356 e. The molecule has 0 aromatic rings. The average molecular weight is 263 g/mol. The summed E-state index contributed by atoms with van der Waals surface area (Å²) in [6.45, 7) is 0.810. The van der Waals surface area contributed by atoms with Crippen LogP contribution in [0.25, 0.3) is 0 Å². The number of rotatable bonds is 7. The number of hydrogen-bond donors (Lipinski definition) is 3. The zero-order valence-corrected chi connectivity index (χ0v) is 11.0. The topological polar surface area (TPSA) is 101 Å². The fraction of sp³-hybridized carbons (Fsp3) is 0.900. The number of nitrogens with two attached hydrogens (primary N) is 1. The molecule has 4 N–H and O–H groups in total. The summed E-state index contributed by atoms with van der Waals surface area (Å²) >= 11 is 0. The molecular weight excluding hydrogens is 242 g/mol. The van der Waals surface area contributed by atoms with Crippen molar-refractivity contribution in [3.8, 4) is 0 Å². The van der Waals surface area contributed by atoms with Gasteiger partial charge in [0.1, 0.15) is 0 Å². The van der Waals surface area contributed by atoms with E-state index in [1.165, 1.54) is 0 Å². The standard InChI is InChI=1S/C10H21N3O3S/c1-17(15,16)13-7-3-6-12-9(14)8-10(11)4-2-5-10/h13H,2-8,11H2,1H3,(H,12,14). The molecule has 0 spiro atoms. The highest BCUT2D eigenvalue weighted by atomic mass is 32.2. The molecule has 1 fully saturated rings. The molecule has 0 unspecified atom stereocenters. The summed E-state index contributed by atoms with van der Waals surface area (Å²) in [5, 5.41) is 2.74. The summed E-state index contributed by atoms with van der Waals surface area (Å²) in [6.07, 6.45) is 4.98. The minimum atomic E-state index is -3.13. The van der Waals surface area contributed by atoms with Gasteiger partial charge in [0.2, 0.25) is 15.9 Å². The van der Waals surface area contributed by atoms with E-state index in [9.17, 15) is 13.2 Å². The van der Waals surface area contributed by atoms with Gasteiger partial charge in [-0.05, 0) is 25.7 Å². The molecule has 1 aliphatic carbocycles. The van der Waals surface area contributed by atoms with Gasteiger partial charge in [0.05, 0.1) is 6.26 Å². The van der Waals surface area contributed by atoms with E-state index in [0.717, 1.165) is 25.5 Å². The lowest BCUT2D eigenvalue weighted by Gasteiger charge is -2.37. The first kappa shape index (κ1) is 14.4. The number of carbonyl (C=O) groups is 1. The van der Waals surface area contributed by atoms with Gasteiger partial charge in [-0.1, -0.05) is 0 Å². The summed E-state index contributed by atoms with van der Waals surface area (Å²) in [4.78, 5) is 11.5. The first-order chi connectivity index (χ1) is 7.81. The second kappa shape index (κ2) is 5.79. The number of carbonyl (C=O) groups excluding carboxylic acids is 1. The minimum absolute atomic E-state index is 0.0495. The number of amides is 1. The fourth-order valence-corrected chi connectivity index (χ4v) is 2.28. The monoisotopic (exact) mass is 263 g/mol. The van der Waals surface area contributed by atoms with Crippen molar-refractivity contribution in [1.82, 2.24) is 10.0 Å². The normalized spacial score (nSPS) is 18.5. The molecule has 0 radical (unpaired) electrons. The highest BCUT2D eigenvalue weighted by Crippen LogP contribution is 2.31. The Balaban J connectivity index is 2.04. The quantitative estimate of drug-likeness (QED) is 0.529. The SMILES string of the molecule is CS(=O)(=O)NCCCNC(=O)CC1(N)CCC1. The number of hydrogen-bond acceptors (Lipinski definition) is 4. The van der Waals surface area contributed by atoms with Gasteiger partial charge in [0, 0.05) is 25.0 Å². The van der Waals surface area contributed by atoms with Crippen molar-refractivity contribution >= 4 is 15.9 Å². The Kier molecular flexibility index (Phi) is 4.91. The average Bonchev–Trinajstić information content (AvgIpc) is 2.13. The molecule has 1 aliphatic rings. The Morgan fingerprint density at radius 1 is 1.35 bits per heavy atom. The molecule has 0 atom stereocenters. The van der Waals surface area contributed by atoms with Gasteiger partial charge >= 0.3 is 0 Å². The summed E-state index contributed by atoms with van der Waals surface area (Å²) < 4.78 is 23.9.